The largest absolute Gasteiger partial charge is 0.464 e. The van der Waals surface area contributed by atoms with E-state index in [0.29, 0.717) is 25.4 Å². The second-order valence-electron chi connectivity index (χ2n) is 4.21. The van der Waals surface area contributed by atoms with Crippen molar-refractivity contribution in [1.29, 1.82) is 0 Å². The lowest BCUT2D eigenvalue weighted by Crippen LogP contribution is -2.32. The van der Waals surface area contributed by atoms with Crippen molar-refractivity contribution >= 4 is 27.4 Å². The van der Waals surface area contributed by atoms with Crippen LogP contribution in [0.15, 0.2) is 0 Å². The van der Waals surface area contributed by atoms with Crippen molar-refractivity contribution in [3.05, 3.63) is 5.28 Å². The molecule has 0 radical (unpaired) electrons. The van der Waals surface area contributed by atoms with E-state index < -0.39 is 9.84 Å². The summed E-state index contributed by atoms with van der Waals surface area (Å²) in [6.07, 6.45) is 1.07. The van der Waals surface area contributed by atoms with Crippen LogP contribution in [0.25, 0.3) is 0 Å². The van der Waals surface area contributed by atoms with Gasteiger partial charge >= 0.3 is 6.01 Å². The summed E-state index contributed by atoms with van der Waals surface area (Å²) in [7, 11) is -2.88. The van der Waals surface area contributed by atoms with Gasteiger partial charge in [0.15, 0.2) is 0 Å². The predicted molar refractivity (Wildman–Crippen MR) is 71.3 cm³/mol. The summed E-state index contributed by atoms with van der Waals surface area (Å²) in [6, 6.07) is 0.185. The standard InChI is InChI=1S/C10H15ClN4O3S/c1-2-18-10-14-8(11)13-9(15-10)12-7-3-5-19(16,17)6-4-7/h7H,2-6H2,1H3,(H,12,13,14,15). The minimum atomic E-state index is -2.88. The van der Waals surface area contributed by atoms with Crippen molar-refractivity contribution in [2.24, 2.45) is 0 Å². The first kappa shape index (κ1) is 14.3. The van der Waals surface area contributed by atoms with Crippen LogP contribution in [0.2, 0.25) is 5.28 Å². The molecule has 0 atom stereocenters. The Labute approximate surface area is 116 Å². The lowest BCUT2D eigenvalue weighted by Gasteiger charge is -2.22. The number of nitrogens with zero attached hydrogens (tertiary/aromatic N) is 3. The molecule has 0 unspecified atom stereocenters. The van der Waals surface area contributed by atoms with Crippen molar-refractivity contribution in [3.8, 4) is 6.01 Å². The Morgan fingerprint density at radius 2 is 2.00 bits per heavy atom. The zero-order chi connectivity index (χ0) is 13.9. The second kappa shape index (κ2) is 5.87. The number of nitrogens with one attached hydrogen (secondary N) is 1. The molecule has 2 heterocycles. The number of aromatic nitrogens is 3. The molecule has 0 saturated carbocycles. The third-order valence-corrected chi connectivity index (χ3v) is 4.63. The molecule has 0 bridgehead atoms. The van der Waals surface area contributed by atoms with Crippen LogP contribution in [0.3, 0.4) is 0 Å². The number of rotatable bonds is 4. The molecule has 2 rings (SSSR count). The summed E-state index contributed by atoms with van der Waals surface area (Å²) in [5.41, 5.74) is 0. The highest BCUT2D eigenvalue weighted by Crippen LogP contribution is 2.18. The van der Waals surface area contributed by atoms with E-state index in [1.807, 2.05) is 6.92 Å². The van der Waals surface area contributed by atoms with E-state index >= 15 is 0 Å². The van der Waals surface area contributed by atoms with Crippen LogP contribution in [0.1, 0.15) is 19.8 Å². The molecule has 7 nitrogen and oxygen atoms in total. The highest BCUT2D eigenvalue weighted by molar-refractivity contribution is 7.91. The molecule has 106 valence electrons. The molecular formula is C10H15ClN4O3S. The van der Waals surface area contributed by atoms with E-state index in [1.54, 1.807) is 0 Å². The highest BCUT2D eigenvalue weighted by Gasteiger charge is 2.24. The summed E-state index contributed by atoms with van der Waals surface area (Å²) < 4.78 is 27.8. The van der Waals surface area contributed by atoms with Gasteiger partial charge in [0.05, 0.1) is 18.1 Å². The fraction of sp³-hybridized carbons (Fsp3) is 0.700. The van der Waals surface area contributed by atoms with Gasteiger partial charge in [0.25, 0.3) is 0 Å². The average Bonchev–Trinajstić information content (AvgIpc) is 2.32. The molecule has 9 heteroatoms. The SMILES string of the molecule is CCOc1nc(Cl)nc(NC2CCS(=O)(=O)CC2)n1. The Morgan fingerprint density at radius 3 is 2.63 bits per heavy atom. The third-order valence-electron chi connectivity index (χ3n) is 2.75. The average molecular weight is 307 g/mol. The lowest BCUT2D eigenvalue weighted by molar-refractivity contribution is 0.311. The van der Waals surface area contributed by atoms with Crippen LogP contribution in [-0.2, 0) is 9.84 Å². The Morgan fingerprint density at radius 1 is 1.32 bits per heavy atom. The molecule has 1 aromatic heterocycles. The minimum absolute atomic E-state index is 0.0245. The van der Waals surface area contributed by atoms with Gasteiger partial charge in [0.2, 0.25) is 11.2 Å². The fourth-order valence-corrected chi connectivity index (χ4v) is 3.45. The van der Waals surface area contributed by atoms with Crippen LogP contribution in [0.4, 0.5) is 5.95 Å². The number of hydrogen-bond acceptors (Lipinski definition) is 7. The second-order valence-corrected chi connectivity index (χ2v) is 6.86. The first-order chi connectivity index (χ1) is 8.98. The molecule has 1 aliphatic heterocycles. The number of ether oxygens (including phenoxy) is 1. The number of hydrogen-bond donors (Lipinski definition) is 1. The smallest absolute Gasteiger partial charge is 0.322 e. The number of anilines is 1. The third kappa shape index (κ3) is 4.17. The van der Waals surface area contributed by atoms with Gasteiger partial charge in [-0.2, -0.15) is 15.0 Å². The molecule has 0 aliphatic carbocycles. The molecule has 1 N–H and O–H groups in total. The molecular weight excluding hydrogens is 292 g/mol. The molecule has 1 aliphatic rings. The van der Waals surface area contributed by atoms with E-state index in [4.69, 9.17) is 16.3 Å². The molecule has 0 aromatic carbocycles. The van der Waals surface area contributed by atoms with Gasteiger partial charge in [-0.05, 0) is 31.4 Å². The van der Waals surface area contributed by atoms with E-state index in [2.05, 4.69) is 20.3 Å². The summed E-state index contributed by atoms with van der Waals surface area (Å²) in [5, 5.41) is 3.11. The molecule has 19 heavy (non-hydrogen) atoms. The van der Waals surface area contributed by atoms with Gasteiger partial charge < -0.3 is 10.1 Å². The van der Waals surface area contributed by atoms with E-state index in [1.165, 1.54) is 0 Å². The number of sulfone groups is 1. The van der Waals surface area contributed by atoms with Gasteiger partial charge in [-0.3, -0.25) is 0 Å². The lowest BCUT2D eigenvalue weighted by atomic mass is 10.2. The first-order valence-electron chi connectivity index (χ1n) is 6.00. The first-order valence-corrected chi connectivity index (χ1v) is 8.20. The van der Waals surface area contributed by atoms with Gasteiger partial charge in [-0.15, -0.1) is 0 Å². The van der Waals surface area contributed by atoms with Crippen LogP contribution in [0, 0.1) is 0 Å². The number of halogens is 1. The van der Waals surface area contributed by atoms with Crippen LogP contribution < -0.4 is 10.1 Å². The zero-order valence-corrected chi connectivity index (χ0v) is 12.0. The minimum Gasteiger partial charge on any atom is -0.464 e. The van der Waals surface area contributed by atoms with Crippen molar-refractivity contribution in [1.82, 2.24) is 15.0 Å². The Bertz CT molecular complexity index is 538. The van der Waals surface area contributed by atoms with Gasteiger partial charge in [0.1, 0.15) is 9.84 Å². The highest BCUT2D eigenvalue weighted by atomic mass is 35.5. The van der Waals surface area contributed by atoms with E-state index in [0.717, 1.165) is 0 Å². The van der Waals surface area contributed by atoms with Gasteiger partial charge in [0, 0.05) is 6.04 Å². The van der Waals surface area contributed by atoms with E-state index in [-0.39, 0.29) is 28.8 Å². The van der Waals surface area contributed by atoms with Crippen molar-refractivity contribution in [2.75, 3.05) is 23.4 Å². The maximum Gasteiger partial charge on any atom is 0.322 e. The van der Waals surface area contributed by atoms with Crippen LogP contribution in [0.5, 0.6) is 6.01 Å². The van der Waals surface area contributed by atoms with Crippen LogP contribution >= 0.6 is 11.6 Å². The van der Waals surface area contributed by atoms with E-state index in [9.17, 15) is 8.42 Å². The van der Waals surface area contributed by atoms with Crippen molar-refractivity contribution in [3.63, 3.8) is 0 Å². The van der Waals surface area contributed by atoms with Crippen LogP contribution in [-0.4, -0.2) is 47.5 Å². The van der Waals surface area contributed by atoms with Crippen molar-refractivity contribution in [2.45, 2.75) is 25.8 Å². The predicted octanol–water partition coefficient (Wildman–Crippen LogP) is 0.913. The summed E-state index contributed by atoms with van der Waals surface area (Å²) in [5.74, 6) is 0.677. The maximum atomic E-state index is 11.3. The zero-order valence-electron chi connectivity index (χ0n) is 10.5. The summed E-state index contributed by atoms with van der Waals surface area (Å²) >= 11 is 5.77. The molecule has 1 aromatic rings. The monoisotopic (exact) mass is 306 g/mol. The fourth-order valence-electron chi connectivity index (χ4n) is 1.81. The Balaban J connectivity index is 2.03. The molecule has 0 amide bonds. The van der Waals surface area contributed by atoms with Gasteiger partial charge in [-0.1, -0.05) is 0 Å². The molecule has 1 saturated heterocycles. The topological polar surface area (TPSA) is 94.1 Å². The maximum absolute atomic E-state index is 11.3. The normalized spacial score (nSPS) is 19.1. The molecule has 1 fully saturated rings. The summed E-state index contributed by atoms with van der Waals surface area (Å²) in [6.45, 7) is 2.25. The molecule has 0 spiro atoms. The Hall–Kier alpha value is -1.15. The quantitative estimate of drug-likeness (QED) is 0.883. The summed E-state index contributed by atoms with van der Waals surface area (Å²) in [4.78, 5) is 11.8. The van der Waals surface area contributed by atoms with Gasteiger partial charge in [-0.25, -0.2) is 8.42 Å². The van der Waals surface area contributed by atoms with Crippen molar-refractivity contribution < 1.29 is 13.2 Å². The Kier molecular flexibility index (Phi) is 4.41.